The molecule has 0 aliphatic carbocycles. The molecule has 0 radical (unpaired) electrons. The molecule has 0 rings (SSSR count). The zero-order valence-electron chi connectivity index (χ0n) is 45.4. The van der Waals surface area contributed by atoms with Crippen LogP contribution in [0.4, 0.5) is 0 Å². The van der Waals surface area contributed by atoms with Crippen LogP contribution in [0.5, 0.6) is 0 Å². The molecule has 0 amide bonds. The Bertz CT molecular complexity index is 1790. The maximum Gasteiger partial charge on any atom is 0.330 e. The van der Waals surface area contributed by atoms with Crippen molar-refractivity contribution in [3.05, 3.63) is 127 Å². The van der Waals surface area contributed by atoms with Crippen LogP contribution in [0, 0.1) is 16.7 Å². The molecule has 85 heavy (non-hydrogen) atoms. The van der Waals surface area contributed by atoms with Gasteiger partial charge in [-0.05, 0) is 43.1 Å². The van der Waals surface area contributed by atoms with E-state index < -0.39 is 46.6 Å². The van der Waals surface area contributed by atoms with Crippen molar-refractivity contribution < 1.29 is 110 Å². The van der Waals surface area contributed by atoms with E-state index in [-0.39, 0.29) is 206 Å². The van der Waals surface area contributed by atoms with Gasteiger partial charge in [0.2, 0.25) is 0 Å². The third-order valence-corrected chi connectivity index (χ3v) is 9.29. The van der Waals surface area contributed by atoms with Crippen molar-refractivity contribution in [1.29, 1.82) is 0 Å². The number of carbonyl (C=O) groups excluding carboxylic acids is 10. The second-order valence-corrected chi connectivity index (χ2v) is 16.3. The molecule has 0 fully saturated rings. The molecule has 23 heteroatoms. The van der Waals surface area contributed by atoms with Gasteiger partial charge in [0.25, 0.3) is 0 Å². The lowest BCUT2D eigenvalue weighted by molar-refractivity contribution is -0.143. The van der Waals surface area contributed by atoms with Gasteiger partial charge in [0.05, 0.1) is 91.3 Å². The first-order valence-electron chi connectivity index (χ1n) is 24.1. The lowest BCUT2D eigenvalue weighted by atomic mass is 9.92. The van der Waals surface area contributed by atoms with Crippen molar-refractivity contribution in [2.24, 2.45) is 16.7 Å². The zero-order chi connectivity index (χ0) is 60.2. The number of rotatable bonds is 49. The van der Waals surface area contributed by atoms with Crippen LogP contribution in [-0.4, -0.2) is 191 Å². The molecule has 0 heterocycles. The smallest absolute Gasteiger partial charge is 0.330 e. The van der Waals surface area contributed by atoms with E-state index in [4.69, 9.17) is 61.6 Å². The second kappa shape index (κ2) is 64.2. The van der Waals surface area contributed by atoms with Crippen LogP contribution in [0.15, 0.2) is 127 Å². The largest absolute Gasteiger partial charge is 0.463 e. The van der Waals surface area contributed by atoms with E-state index in [0.717, 1.165) is 60.8 Å². The molecule has 23 nitrogen and oxygen atoms in total. The minimum absolute atomic E-state index is 0. The van der Waals surface area contributed by atoms with Crippen LogP contribution in [0.1, 0.15) is 64.3 Å². The highest BCUT2D eigenvalue weighted by atomic mass is 16.6. The van der Waals surface area contributed by atoms with Gasteiger partial charge in [-0.1, -0.05) is 117 Å². The summed E-state index contributed by atoms with van der Waals surface area (Å²) in [6.07, 6.45) is 11.9. The monoisotopic (exact) mass is 1210 g/mol. The van der Waals surface area contributed by atoms with Crippen molar-refractivity contribution in [1.82, 2.24) is 0 Å². The Kier molecular flexibility index (Phi) is 73.1. The Morgan fingerprint density at radius 3 is 0.753 bits per heavy atom. The summed E-state index contributed by atoms with van der Waals surface area (Å²) in [6.45, 7) is 36.1. The molecule has 0 N–H and O–H groups in total. The number of esters is 6. The molecule has 0 aromatic carbocycles. The molecule has 0 aromatic heterocycles. The van der Waals surface area contributed by atoms with Crippen LogP contribution in [-0.2, 0) is 110 Å². The maximum atomic E-state index is 11.4. The molecule has 0 atom stereocenters. The van der Waals surface area contributed by atoms with Crippen molar-refractivity contribution in [2.45, 2.75) is 64.3 Å². The van der Waals surface area contributed by atoms with Crippen molar-refractivity contribution in [2.75, 3.05) is 132 Å². The SMILES string of the molecule is C.C.C.C.C.C.C=CC(=O)COCC(COCC(=O)C=C)(COCC(=O)C=C)COCC(=O)C=C.C=CC(=O)OCCC(CCOC(=O)C=C)COC(=O)C=C.C=CC(=O)OCCOCC(C)(COCCOC(=O)C=C)COCCOC(=O)C=C. The van der Waals surface area contributed by atoms with E-state index in [1.165, 1.54) is 0 Å². The minimum atomic E-state index is -0.994. The van der Waals surface area contributed by atoms with Gasteiger partial charge in [-0.3, -0.25) is 19.2 Å². The van der Waals surface area contributed by atoms with Gasteiger partial charge in [-0.2, -0.15) is 0 Å². The van der Waals surface area contributed by atoms with Crippen molar-refractivity contribution in [3.8, 4) is 0 Å². The van der Waals surface area contributed by atoms with E-state index in [0.29, 0.717) is 12.8 Å². The maximum absolute atomic E-state index is 11.4. The van der Waals surface area contributed by atoms with Gasteiger partial charge in [0, 0.05) is 41.9 Å². The van der Waals surface area contributed by atoms with Gasteiger partial charge in [0.1, 0.15) is 46.2 Å². The zero-order valence-corrected chi connectivity index (χ0v) is 45.4. The lowest BCUT2D eigenvalue weighted by Gasteiger charge is -2.32. The highest BCUT2D eigenvalue weighted by Gasteiger charge is 2.34. The highest BCUT2D eigenvalue weighted by Crippen LogP contribution is 2.22. The van der Waals surface area contributed by atoms with E-state index in [1.807, 2.05) is 6.92 Å². The lowest BCUT2D eigenvalue weighted by Crippen LogP contribution is -2.43. The van der Waals surface area contributed by atoms with Crippen LogP contribution in [0.2, 0.25) is 0 Å². The molecule has 0 aliphatic heterocycles. The van der Waals surface area contributed by atoms with Gasteiger partial charge >= 0.3 is 35.8 Å². The molecular formula is C62H102O23. The first-order chi connectivity index (χ1) is 37.7. The standard InChI is InChI=1S/C21H28O8.C20H30O9.C15H20O6.6CH4/c1-5-17(22)9-26-13-21(14-27-10-18(23)6-2,15-28-11-19(24)7-3)16-29-12-20(25)8-4;1-5-17(21)27-11-8-24-14-20(4,15-25-9-12-28-18(22)6-2)16-26-10-13-29-19(23)7-3;1-4-13(16)19-9-7-12(11-21-15(18)6-3)8-10-20-14(17)5-2;;;;;;/h5-8H,1-4,9-16H2;5-7H,1-3,8-16H2,4H3;4-6,12H,1-3,7-11H2;6*1H4. The summed E-state index contributed by atoms with van der Waals surface area (Å²) in [7, 11) is 0. The predicted octanol–water partition coefficient (Wildman–Crippen LogP) is 7.68. The molecule has 0 bridgehead atoms. The van der Waals surface area contributed by atoms with E-state index >= 15 is 0 Å². The third-order valence-electron chi connectivity index (χ3n) is 9.29. The van der Waals surface area contributed by atoms with Gasteiger partial charge < -0.3 is 61.6 Å². The van der Waals surface area contributed by atoms with Crippen LogP contribution in [0.3, 0.4) is 0 Å². The Hall–Kier alpha value is -7.38. The molecular weight excluding hydrogens is 1110 g/mol. The van der Waals surface area contributed by atoms with E-state index in [2.05, 4.69) is 65.8 Å². The first-order valence-corrected chi connectivity index (χ1v) is 24.1. The quantitative estimate of drug-likeness (QED) is 0.0244. The van der Waals surface area contributed by atoms with Crippen LogP contribution in [0.25, 0.3) is 0 Å². The normalized spacial score (nSPS) is 9.67. The number of hydrogen-bond donors (Lipinski definition) is 0. The van der Waals surface area contributed by atoms with Gasteiger partial charge in [-0.25, -0.2) is 28.8 Å². The van der Waals surface area contributed by atoms with Crippen LogP contribution < -0.4 is 0 Å². The molecule has 0 saturated heterocycles. The number of carbonyl (C=O) groups is 10. The van der Waals surface area contributed by atoms with Crippen molar-refractivity contribution in [3.63, 3.8) is 0 Å². The van der Waals surface area contributed by atoms with Gasteiger partial charge in [0.15, 0.2) is 23.1 Å². The first kappa shape index (κ1) is 96.8. The molecule has 0 saturated carbocycles. The summed E-state index contributed by atoms with van der Waals surface area (Å²) < 4.78 is 67.5. The summed E-state index contributed by atoms with van der Waals surface area (Å²) in [5.74, 6) is -4.55. The summed E-state index contributed by atoms with van der Waals surface area (Å²) in [4.78, 5) is 112. The predicted molar refractivity (Wildman–Crippen MR) is 327 cm³/mol. The number of hydrogen-bond acceptors (Lipinski definition) is 23. The summed E-state index contributed by atoms with van der Waals surface area (Å²) in [5.41, 5.74) is -1.53. The Labute approximate surface area is 506 Å². The summed E-state index contributed by atoms with van der Waals surface area (Å²) >= 11 is 0. The average Bonchev–Trinajstić information content (AvgIpc) is 3.45. The molecule has 488 valence electrons. The second-order valence-electron chi connectivity index (χ2n) is 16.3. The fourth-order valence-corrected chi connectivity index (χ4v) is 5.16. The Morgan fingerprint density at radius 2 is 0.529 bits per heavy atom. The Morgan fingerprint density at radius 1 is 0.306 bits per heavy atom. The fourth-order valence-electron chi connectivity index (χ4n) is 5.16. The average molecular weight is 1220 g/mol. The van der Waals surface area contributed by atoms with E-state index in [1.54, 1.807) is 0 Å². The fraction of sp³-hybridized carbons (Fsp3) is 0.516. The Balaban J connectivity index is -0.000000142. The number of ether oxygens (including phenoxy) is 13. The minimum Gasteiger partial charge on any atom is -0.463 e. The molecule has 0 unspecified atom stereocenters. The highest BCUT2D eigenvalue weighted by molar-refractivity contribution is 5.91. The van der Waals surface area contributed by atoms with Crippen molar-refractivity contribution >= 4 is 58.9 Å². The molecule has 0 aromatic rings. The topological polar surface area (TPSA) is 291 Å². The number of ketones is 4. The van der Waals surface area contributed by atoms with Crippen LogP contribution >= 0.6 is 0 Å². The van der Waals surface area contributed by atoms with Gasteiger partial charge in [-0.15, -0.1) is 0 Å². The van der Waals surface area contributed by atoms with E-state index in [9.17, 15) is 47.9 Å². The summed E-state index contributed by atoms with van der Waals surface area (Å²) in [5, 5.41) is 0. The summed E-state index contributed by atoms with van der Waals surface area (Å²) in [6, 6.07) is 0. The molecule has 0 spiro atoms. The third kappa shape index (κ3) is 59.6. The molecule has 0 aliphatic rings.